The first-order chi connectivity index (χ1) is 12.7. The molecule has 0 unspecified atom stereocenters. The average molecular weight is 395 g/mol. The Hall–Kier alpha value is -2.23. The van der Waals surface area contributed by atoms with Crippen LogP contribution in [0.4, 0.5) is 0 Å². The average Bonchev–Trinajstić information content (AvgIpc) is 3.12. The van der Waals surface area contributed by atoms with E-state index in [0.29, 0.717) is 19.5 Å². The van der Waals surface area contributed by atoms with Crippen molar-refractivity contribution in [2.45, 2.75) is 52.1 Å². The molecule has 1 saturated heterocycles. The number of nitrogens with one attached hydrogen (secondary N) is 1. The zero-order valence-electron chi connectivity index (χ0n) is 15.6. The lowest BCUT2D eigenvalue weighted by Gasteiger charge is -2.27. The van der Waals surface area contributed by atoms with Crippen molar-refractivity contribution in [3.8, 4) is 0 Å². The van der Waals surface area contributed by atoms with Crippen molar-refractivity contribution in [1.29, 1.82) is 0 Å². The number of carbonyl (C=O) groups is 2. The number of sulfone groups is 1. The normalized spacial score (nSPS) is 22.0. The molecule has 1 aromatic heterocycles. The Morgan fingerprint density at radius 2 is 2.11 bits per heavy atom. The molecule has 0 saturated carbocycles. The molecule has 3 rings (SSSR count). The van der Waals surface area contributed by atoms with Gasteiger partial charge in [0, 0.05) is 31.6 Å². The summed E-state index contributed by atoms with van der Waals surface area (Å²) in [6.45, 7) is 5.11. The SMILES string of the molecule is Cc1cc(C)n(CCCNC(=O)C2=NN([C@H]3CCS(=O)(=O)C3)C(=O)CC2)n1. The summed E-state index contributed by atoms with van der Waals surface area (Å²) >= 11 is 0. The van der Waals surface area contributed by atoms with Crippen LogP contribution in [0.15, 0.2) is 11.2 Å². The fourth-order valence-corrected chi connectivity index (χ4v) is 5.11. The quantitative estimate of drug-likeness (QED) is 0.690. The number of amides is 2. The molecular formula is C17H25N5O4S. The lowest BCUT2D eigenvalue weighted by molar-refractivity contribution is -0.133. The molecule has 2 amide bonds. The molecule has 0 aromatic carbocycles. The van der Waals surface area contributed by atoms with Gasteiger partial charge in [0.25, 0.3) is 5.91 Å². The fourth-order valence-electron chi connectivity index (χ4n) is 3.42. The highest BCUT2D eigenvalue weighted by atomic mass is 32.2. The second-order valence-corrected chi connectivity index (χ2v) is 9.33. The van der Waals surface area contributed by atoms with Gasteiger partial charge in [0.2, 0.25) is 5.91 Å². The molecule has 3 heterocycles. The number of hydrogen-bond acceptors (Lipinski definition) is 6. The number of aryl methyl sites for hydroxylation is 3. The summed E-state index contributed by atoms with van der Waals surface area (Å²) < 4.78 is 25.2. The van der Waals surface area contributed by atoms with E-state index in [9.17, 15) is 18.0 Å². The Labute approximate surface area is 158 Å². The molecule has 1 atom stereocenters. The minimum absolute atomic E-state index is 0.0603. The van der Waals surface area contributed by atoms with Crippen molar-refractivity contribution in [2.24, 2.45) is 5.10 Å². The van der Waals surface area contributed by atoms with Gasteiger partial charge in [0.1, 0.15) is 5.71 Å². The van der Waals surface area contributed by atoms with Crippen molar-refractivity contribution in [3.05, 3.63) is 17.5 Å². The lowest BCUT2D eigenvalue weighted by Crippen LogP contribution is -2.44. The van der Waals surface area contributed by atoms with Gasteiger partial charge < -0.3 is 5.32 Å². The van der Waals surface area contributed by atoms with Crippen molar-refractivity contribution in [3.63, 3.8) is 0 Å². The predicted octanol–water partition coefficient (Wildman–Crippen LogP) is 0.172. The minimum Gasteiger partial charge on any atom is -0.351 e. The third-order valence-corrected chi connectivity index (χ3v) is 6.56. The van der Waals surface area contributed by atoms with Crippen molar-refractivity contribution >= 4 is 27.4 Å². The molecule has 9 nitrogen and oxygen atoms in total. The Kier molecular flexibility index (Phi) is 5.64. The largest absolute Gasteiger partial charge is 0.351 e. The first-order valence-corrected chi connectivity index (χ1v) is 11.0. The molecule has 27 heavy (non-hydrogen) atoms. The number of carbonyl (C=O) groups excluding carboxylic acids is 2. The van der Waals surface area contributed by atoms with E-state index < -0.39 is 15.9 Å². The Morgan fingerprint density at radius 3 is 2.74 bits per heavy atom. The molecule has 0 spiro atoms. The van der Waals surface area contributed by atoms with E-state index in [1.165, 1.54) is 5.01 Å². The molecule has 0 radical (unpaired) electrons. The van der Waals surface area contributed by atoms with E-state index in [1.807, 2.05) is 24.6 Å². The lowest BCUT2D eigenvalue weighted by atomic mass is 10.1. The van der Waals surface area contributed by atoms with Gasteiger partial charge in [-0.1, -0.05) is 0 Å². The van der Waals surface area contributed by atoms with E-state index in [1.54, 1.807) is 0 Å². The highest BCUT2D eigenvalue weighted by molar-refractivity contribution is 7.91. The smallest absolute Gasteiger partial charge is 0.267 e. The van der Waals surface area contributed by atoms with Gasteiger partial charge in [-0.2, -0.15) is 10.2 Å². The molecule has 10 heteroatoms. The monoisotopic (exact) mass is 395 g/mol. The van der Waals surface area contributed by atoms with Crippen LogP contribution in [0.3, 0.4) is 0 Å². The van der Waals surface area contributed by atoms with Crippen molar-refractivity contribution in [1.82, 2.24) is 20.1 Å². The highest BCUT2D eigenvalue weighted by Gasteiger charge is 2.37. The minimum atomic E-state index is -3.12. The molecule has 148 valence electrons. The second-order valence-electron chi connectivity index (χ2n) is 7.10. The van der Waals surface area contributed by atoms with Crippen molar-refractivity contribution in [2.75, 3.05) is 18.1 Å². The van der Waals surface area contributed by atoms with Crippen LogP contribution >= 0.6 is 0 Å². The fraction of sp³-hybridized carbons (Fsp3) is 0.647. The van der Waals surface area contributed by atoms with Crippen molar-refractivity contribution < 1.29 is 18.0 Å². The third-order valence-electron chi connectivity index (χ3n) is 4.81. The van der Waals surface area contributed by atoms with Gasteiger partial charge >= 0.3 is 0 Å². The van der Waals surface area contributed by atoms with Gasteiger partial charge in [0.05, 0.1) is 23.2 Å². The van der Waals surface area contributed by atoms with E-state index in [-0.39, 0.29) is 41.9 Å². The first-order valence-electron chi connectivity index (χ1n) is 9.14. The Morgan fingerprint density at radius 1 is 1.33 bits per heavy atom. The van der Waals surface area contributed by atoms with E-state index in [0.717, 1.165) is 17.8 Å². The van der Waals surface area contributed by atoms with E-state index in [4.69, 9.17) is 0 Å². The maximum Gasteiger partial charge on any atom is 0.267 e. The summed E-state index contributed by atoms with van der Waals surface area (Å²) in [6, 6.07) is 1.54. The zero-order valence-corrected chi connectivity index (χ0v) is 16.5. The second kappa shape index (κ2) is 7.79. The van der Waals surface area contributed by atoms with Gasteiger partial charge in [0.15, 0.2) is 9.84 Å². The number of nitrogens with zero attached hydrogens (tertiary/aromatic N) is 4. The summed E-state index contributed by atoms with van der Waals surface area (Å²) in [5, 5.41) is 12.6. The molecule has 1 N–H and O–H groups in total. The summed E-state index contributed by atoms with van der Waals surface area (Å²) in [5.74, 6) is -0.551. The highest BCUT2D eigenvalue weighted by Crippen LogP contribution is 2.22. The summed E-state index contributed by atoms with van der Waals surface area (Å²) in [6.07, 6.45) is 1.55. The van der Waals surface area contributed by atoms with Crippen LogP contribution in [0.2, 0.25) is 0 Å². The first kappa shape index (κ1) is 19.5. The van der Waals surface area contributed by atoms with Crippen LogP contribution in [0.25, 0.3) is 0 Å². The van der Waals surface area contributed by atoms with Crippen LogP contribution in [0, 0.1) is 13.8 Å². The molecule has 2 aliphatic rings. The summed E-state index contributed by atoms with van der Waals surface area (Å²) in [4.78, 5) is 24.4. The van der Waals surface area contributed by atoms with E-state index in [2.05, 4.69) is 15.5 Å². The van der Waals surface area contributed by atoms with E-state index >= 15 is 0 Å². The van der Waals surface area contributed by atoms with Crippen LogP contribution in [-0.2, 0) is 26.0 Å². The maximum absolute atomic E-state index is 12.4. The molecule has 1 fully saturated rings. The number of rotatable bonds is 6. The van der Waals surface area contributed by atoms with Gasteiger partial charge in [-0.3, -0.25) is 14.3 Å². The summed E-state index contributed by atoms with van der Waals surface area (Å²) in [7, 11) is -3.12. The van der Waals surface area contributed by atoms with Crippen LogP contribution in [0.5, 0.6) is 0 Å². The van der Waals surface area contributed by atoms with Crippen LogP contribution in [-0.4, -0.2) is 64.8 Å². The maximum atomic E-state index is 12.4. The van der Waals surface area contributed by atoms with Gasteiger partial charge in [-0.05, 0) is 32.8 Å². The summed E-state index contributed by atoms with van der Waals surface area (Å²) in [5.41, 5.74) is 2.33. The number of aromatic nitrogens is 2. The van der Waals surface area contributed by atoms with Crippen LogP contribution in [0.1, 0.15) is 37.1 Å². The zero-order chi connectivity index (χ0) is 19.6. The molecule has 0 aliphatic carbocycles. The van der Waals surface area contributed by atoms with Gasteiger partial charge in [-0.25, -0.2) is 13.4 Å². The molecule has 2 aliphatic heterocycles. The topological polar surface area (TPSA) is 114 Å². The molecule has 0 bridgehead atoms. The molecular weight excluding hydrogens is 370 g/mol. The van der Waals surface area contributed by atoms with Crippen LogP contribution < -0.4 is 5.32 Å². The molecule has 1 aromatic rings. The number of hydrazone groups is 1. The standard InChI is InChI=1S/C17H25N5O4S/c1-12-10-13(2)21(19-12)8-3-7-18-17(24)15-4-5-16(23)22(20-15)14-6-9-27(25,26)11-14/h10,14H,3-9,11H2,1-2H3,(H,18,24)/t14-/m0/s1. The Balaban J connectivity index is 1.53. The third kappa shape index (κ3) is 4.74. The predicted molar refractivity (Wildman–Crippen MR) is 99.9 cm³/mol. The number of hydrogen-bond donors (Lipinski definition) is 1. The van der Waals surface area contributed by atoms with Gasteiger partial charge in [-0.15, -0.1) is 0 Å². The Bertz CT molecular complexity index is 874.